The molecule has 3 rings (SSSR count). The lowest BCUT2D eigenvalue weighted by Gasteiger charge is -2.14. The Morgan fingerprint density at radius 2 is 2.11 bits per heavy atom. The molecular formula is C14H15NO3. The van der Waals surface area contributed by atoms with Crippen LogP contribution in [0.3, 0.4) is 0 Å². The molecule has 1 aliphatic rings. The Morgan fingerprint density at radius 3 is 2.67 bits per heavy atom. The largest absolute Gasteiger partial charge is 0.495 e. The second kappa shape index (κ2) is 3.51. The van der Waals surface area contributed by atoms with E-state index in [1.165, 1.54) is 0 Å². The first kappa shape index (κ1) is 11.1. The molecule has 1 N–H and O–H groups in total. The van der Waals surface area contributed by atoms with E-state index in [0.717, 1.165) is 35.1 Å². The van der Waals surface area contributed by atoms with Crippen LogP contribution in [0.25, 0.3) is 10.9 Å². The van der Waals surface area contributed by atoms with Gasteiger partial charge < -0.3 is 14.4 Å². The van der Waals surface area contributed by atoms with E-state index in [4.69, 9.17) is 4.74 Å². The van der Waals surface area contributed by atoms with Crippen molar-refractivity contribution in [1.29, 1.82) is 0 Å². The maximum Gasteiger partial charge on any atom is 0.314 e. The molecule has 0 spiro atoms. The number of carboxylic acids is 1. The highest BCUT2D eigenvalue weighted by Gasteiger charge is 2.52. The van der Waals surface area contributed by atoms with Gasteiger partial charge in [-0.05, 0) is 30.5 Å². The molecule has 0 radical (unpaired) electrons. The number of aliphatic carboxylic acids is 1. The summed E-state index contributed by atoms with van der Waals surface area (Å²) in [6.07, 6.45) is 3.38. The van der Waals surface area contributed by atoms with Crippen LogP contribution in [0.15, 0.2) is 24.4 Å². The zero-order valence-corrected chi connectivity index (χ0v) is 10.4. The third kappa shape index (κ3) is 1.29. The van der Waals surface area contributed by atoms with Gasteiger partial charge in [0.15, 0.2) is 0 Å². The highest BCUT2D eigenvalue weighted by molar-refractivity contribution is 5.96. The van der Waals surface area contributed by atoms with E-state index >= 15 is 0 Å². The second-order valence-electron chi connectivity index (χ2n) is 4.89. The SMILES string of the molecule is COc1ccc(C2(C(=O)O)CC2)c2ccn(C)c12. The third-order valence-corrected chi connectivity index (χ3v) is 3.89. The van der Waals surface area contributed by atoms with Gasteiger partial charge >= 0.3 is 5.97 Å². The molecule has 0 unspecified atom stereocenters. The Morgan fingerprint density at radius 1 is 1.39 bits per heavy atom. The topological polar surface area (TPSA) is 51.5 Å². The molecule has 0 aliphatic heterocycles. The number of carbonyl (C=O) groups is 1. The van der Waals surface area contributed by atoms with Crippen LogP contribution in [0.2, 0.25) is 0 Å². The minimum atomic E-state index is -0.724. The first-order valence-electron chi connectivity index (χ1n) is 5.96. The van der Waals surface area contributed by atoms with E-state index in [-0.39, 0.29) is 0 Å². The molecule has 4 heteroatoms. The summed E-state index contributed by atoms with van der Waals surface area (Å²) in [7, 11) is 3.57. The number of aromatic nitrogens is 1. The zero-order chi connectivity index (χ0) is 12.9. The molecule has 1 aromatic heterocycles. The molecule has 1 fully saturated rings. The molecule has 0 amide bonds. The van der Waals surface area contributed by atoms with Crippen molar-refractivity contribution in [2.45, 2.75) is 18.3 Å². The van der Waals surface area contributed by atoms with Crippen LogP contribution in [0.1, 0.15) is 18.4 Å². The number of aryl methyl sites for hydroxylation is 1. The Balaban J connectivity index is 2.30. The maximum absolute atomic E-state index is 11.5. The van der Waals surface area contributed by atoms with Crippen molar-refractivity contribution < 1.29 is 14.6 Å². The number of methoxy groups -OCH3 is 1. The molecule has 2 aromatic rings. The van der Waals surface area contributed by atoms with Gasteiger partial charge in [-0.2, -0.15) is 0 Å². The van der Waals surface area contributed by atoms with Gasteiger partial charge in [0.25, 0.3) is 0 Å². The van der Waals surface area contributed by atoms with E-state index in [2.05, 4.69) is 0 Å². The molecule has 4 nitrogen and oxygen atoms in total. The molecule has 0 atom stereocenters. The summed E-state index contributed by atoms with van der Waals surface area (Å²) in [5, 5.41) is 10.4. The Bertz CT molecular complexity index is 638. The van der Waals surface area contributed by atoms with E-state index in [9.17, 15) is 9.90 Å². The van der Waals surface area contributed by atoms with Crippen molar-refractivity contribution in [2.75, 3.05) is 7.11 Å². The fourth-order valence-corrected chi connectivity index (χ4v) is 2.69. The number of carboxylic acid groups (broad SMARTS) is 1. The average Bonchev–Trinajstić information content (AvgIpc) is 3.08. The van der Waals surface area contributed by atoms with Gasteiger partial charge in [0.05, 0.1) is 18.0 Å². The first-order valence-corrected chi connectivity index (χ1v) is 5.96. The monoisotopic (exact) mass is 245 g/mol. The summed E-state index contributed by atoms with van der Waals surface area (Å²) in [6, 6.07) is 5.72. The predicted molar refractivity (Wildman–Crippen MR) is 68.0 cm³/mol. The fraction of sp³-hybridized carbons (Fsp3) is 0.357. The normalized spacial score (nSPS) is 16.8. The smallest absolute Gasteiger partial charge is 0.314 e. The van der Waals surface area contributed by atoms with Crippen molar-refractivity contribution in [1.82, 2.24) is 4.57 Å². The Kier molecular flexibility index (Phi) is 2.17. The van der Waals surface area contributed by atoms with Gasteiger partial charge in [0, 0.05) is 18.6 Å². The number of hydrogen-bond acceptors (Lipinski definition) is 2. The Hall–Kier alpha value is -1.97. The van der Waals surface area contributed by atoms with Gasteiger partial charge in [-0.3, -0.25) is 4.79 Å². The summed E-state index contributed by atoms with van der Waals surface area (Å²) in [5.74, 6) is 0.0558. The highest BCUT2D eigenvalue weighted by atomic mass is 16.5. The molecular weight excluding hydrogens is 230 g/mol. The molecule has 18 heavy (non-hydrogen) atoms. The van der Waals surface area contributed by atoms with E-state index in [1.807, 2.05) is 36.0 Å². The summed E-state index contributed by atoms with van der Waals surface area (Å²) in [6.45, 7) is 0. The highest BCUT2D eigenvalue weighted by Crippen LogP contribution is 2.51. The molecule has 94 valence electrons. The van der Waals surface area contributed by atoms with Crippen LogP contribution in [0.4, 0.5) is 0 Å². The van der Waals surface area contributed by atoms with Gasteiger partial charge in [-0.15, -0.1) is 0 Å². The van der Waals surface area contributed by atoms with Crippen LogP contribution in [0.5, 0.6) is 5.75 Å². The number of benzene rings is 1. The number of rotatable bonds is 3. The van der Waals surface area contributed by atoms with Crippen molar-refractivity contribution >= 4 is 16.9 Å². The molecule has 1 heterocycles. The number of hydrogen-bond donors (Lipinski definition) is 1. The van der Waals surface area contributed by atoms with Crippen LogP contribution >= 0.6 is 0 Å². The second-order valence-corrected chi connectivity index (χ2v) is 4.89. The minimum Gasteiger partial charge on any atom is -0.495 e. The van der Waals surface area contributed by atoms with E-state index < -0.39 is 11.4 Å². The van der Waals surface area contributed by atoms with Crippen LogP contribution in [-0.2, 0) is 17.3 Å². The van der Waals surface area contributed by atoms with Crippen LogP contribution in [-0.4, -0.2) is 22.8 Å². The molecule has 0 bridgehead atoms. The van der Waals surface area contributed by atoms with Gasteiger partial charge in [-0.25, -0.2) is 0 Å². The van der Waals surface area contributed by atoms with Gasteiger partial charge in [-0.1, -0.05) is 6.07 Å². The maximum atomic E-state index is 11.5. The lowest BCUT2D eigenvalue weighted by atomic mass is 9.93. The van der Waals surface area contributed by atoms with Crippen molar-refractivity contribution in [2.24, 2.45) is 7.05 Å². The summed E-state index contributed by atoms with van der Waals surface area (Å²) < 4.78 is 7.31. The van der Waals surface area contributed by atoms with Gasteiger partial charge in [0.2, 0.25) is 0 Å². The number of ether oxygens (including phenoxy) is 1. The third-order valence-electron chi connectivity index (χ3n) is 3.89. The lowest BCUT2D eigenvalue weighted by Crippen LogP contribution is -2.19. The first-order chi connectivity index (χ1) is 8.60. The molecule has 1 saturated carbocycles. The van der Waals surface area contributed by atoms with E-state index in [1.54, 1.807) is 7.11 Å². The van der Waals surface area contributed by atoms with Crippen molar-refractivity contribution in [3.8, 4) is 5.75 Å². The fourth-order valence-electron chi connectivity index (χ4n) is 2.69. The Labute approximate surface area is 105 Å². The average molecular weight is 245 g/mol. The van der Waals surface area contributed by atoms with Gasteiger partial charge in [0.1, 0.15) is 5.75 Å². The van der Waals surface area contributed by atoms with E-state index in [0.29, 0.717) is 0 Å². The lowest BCUT2D eigenvalue weighted by molar-refractivity contribution is -0.140. The standard InChI is InChI=1S/C14H15NO3/c1-15-8-5-9-10(14(6-7-14)13(16)17)3-4-11(18-2)12(9)15/h3-5,8H,6-7H2,1-2H3,(H,16,17). The minimum absolute atomic E-state index is 0.675. The number of nitrogens with zero attached hydrogens (tertiary/aromatic N) is 1. The summed E-state index contributed by atoms with van der Waals surface area (Å²) in [4.78, 5) is 11.5. The summed E-state index contributed by atoms with van der Waals surface area (Å²) >= 11 is 0. The van der Waals surface area contributed by atoms with Crippen LogP contribution in [0, 0.1) is 0 Å². The number of fused-ring (bicyclic) bond motifs is 1. The quantitative estimate of drug-likeness (QED) is 0.902. The van der Waals surface area contributed by atoms with Crippen LogP contribution < -0.4 is 4.74 Å². The molecule has 0 saturated heterocycles. The summed E-state index contributed by atoms with van der Waals surface area (Å²) in [5.41, 5.74) is 1.19. The van der Waals surface area contributed by atoms with Crippen molar-refractivity contribution in [3.63, 3.8) is 0 Å². The molecule has 1 aromatic carbocycles. The zero-order valence-electron chi connectivity index (χ0n) is 10.4. The molecule has 1 aliphatic carbocycles. The predicted octanol–water partition coefficient (Wildman–Crippen LogP) is 2.30. The van der Waals surface area contributed by atoms with Crippen molar-refractivity contribution in [3.05, 3.63) is 30.0 Å².